The van der Waals surface area contributed by atoms with Gasteiger partial charge in [0.25, 0.3) is 5.91 Å². The molecule has 26 heavy (non-hydrogen) atoms. The van der Waals surface area contributed by atoms with Gasteiger partial charge in [0.15, 0.2) is 5.13 Å². The van der Waals surface area contributed by atoms with Crippen LogP contribution in [0.1, 0.15) is 31.1 Å². The first kappa shape index (κ1) is 18.5. The van der Waals surface area contributed by atoms with Gasteiger partial charge in [0.2, 0.25) is 10.0 Å². The van der Waals surface area contributed by atoms with Gasteiger partial charge in [-0.15, -0.1) is 0 Å². The van der Waals surface area contributed by atoms with Crippen LogP contribution in [0.3, 0.4) is 0 Å². The Morgan fingerprint density at radius 1 is 1.08 bits per heavy atom. The number of benzene rings is 2. The molecule has 0 fully saturated rings. The first-order valence-electron chi connectivity index (χ1n) is 7.95. The van der Waals surface area contributed by atoms with Crippen molar-refractivity contribution in [2.24, 2.45) is 0 Å². The molecule has 1 aromatic heterocycles. The van der Waals surface area contributed by atoms with Crippen molar-refractivity contribution in [3.63, 3.8) is 0 Å². The summed E-state index contributed by atoms with van der Waals surface area (Å²) in [4.78, 5) is 16.9. The summed E-state index contributed by atoms with van der Waals surface area (Å²) in [5, 5.41) is 3.20. The van der Waals surface area contributed by atoms with E-state index in [1.165, 1.54) is 23.5 Å². The van der Waals surface area contributed by atoms with E-state index in [1.54, 1.807) is 32.9 Å². The second kappa shape index (κ2) is 6.79. The summed E-state index contributed by atoms with van der Waals surface area (Å²) in [7, 11) is -3.71. The Bertz CT molecular complexity index is 1030. The number of nitrogens with one attached hydrogen (secondary N) is 2. The number of para-hydroxylation sites is 1. The van der Waals surface area contributed by atoms with Crippen LogP contribution in [0.2, 0.25) is 0 Å². The summed E-state index contributed by atoms with van der Waals surface area (Å²) in [5.41, 5.74) is 0.442. The van der Waals surface area contributed by atoms with Gasteiger partial charge >= 0.3 is 0 Å². The van der Waals surface area contributed by atoms with E-state index in [0.29, 0.717) is 5.13 Å². The van der Waals surface area contributed by atoms with Crippen molar-refractivity contribution in [2.45, 2.75) is 31.2 Å². The third kappa shape index (κ3) is 4.27. The van der Waals surface area contributed by atoms with Gasteiger partial charge in [-0.1, -0.05) is 29.5 Å². The highest BCUT2D eigenvalue weighted by Crippen LogP contribution is 2.26. The minimum absolute atomic E-state index is 0.0457. The molecule has 1 amide bonds. The molecule has 8 heteroatoms. The first-order valence-corrected chi connectivity index (χ1v) is 10.2. The molecule has 0 radical (unpaired) electrons. The van der Waals surface area contributed by atoms with Crippen molar-refractivity contribution in [1.82, 2.24) is 9.71 Å². The monoisotopic (exact) mass is 389 g/mol. The number of amides is 1. The zero-order chi connectivity index (χ0) is 18.9. The lowest BCUT2D eigenvalue weighted by Crippen LogP contribution is -2.40. The van der Waals surface area contributed by atoms with Crippen LogP contribution in [0.5, 0.6) is 0 Å². The zero-order valence-electron chi connectivity index (χ0n) is 14.6. The Morgan fingerprint density at radius 3 is 2.50 bits per heavy atom. The van der Waals surface area contributed by atoms with E-state index in [-0.39, 0.29) is 10.5 Å². The summed E-state index contributed by atoms with van der Waals surface area (Å²) in [5.74, 6) is -0.406. The molecule has 2 aromatic carbocycles. The SMILES string of the molecule is CC(C)(C)NS(=O)(=O)c1cccc(C(=O)Nc2nc3ccccc3s2)c1. The third-order valence-electron chi connectivity index (χ3n) is 3.36. The van der Waals surface area contributed by atoms with Crippen LogP contribution in [0, 0.1) is 0 Å². The van der Waals surface area contributed by atoms with Gasteiger partial charge < -0.3 is 0 Å². The fourth-order valence-corrected chi connectivity index (χ4v) is 4.69. The van der Waals surface area contributed by atoms with Gasteiger partial charge in [-0.3, -0.25) is 10.1 Å². The predicted octanol–water partition coefficient (Wildman–Crippen LogP) is 3.63. The lowest BCUT2D eigenvalue weighted by atomic mass is 10.1. The molecular formula is C18H19N3O3S2. The number of fused-ring (bicyclic) bond motifs is 1. The molecule has 0 saturated heterocycles. The zero-order valence-corrected chi connectivity index (χ0v) is 16.2. The second-order valence-electron chi connectivity index (χ2n) is 6.82. The van der Waals surface area contributed by atoms with E-state index < -0.39 is 21.5 Å². The third-order valence-corrected chi connectivity index (χ3v) is 6.07. The molecule has 6 nitrogen and oxygen atoms in total. The molecule has 0 saturated carbocycles. The average molecular weight is 390 g/mol. The summed E-state index contributed by atoms with van der Waals surface area (Å²) >= 11 is 1.36. The Balaban J connectivity index is 1.84. The summed E-state index contributed by atoms with van der Waals surface area (Å²) in [6.07, 6.45) is 0. The molecule has 3 rings (SSSR count). The van der Waals surface area contributed by atoms with Crippen molar-refractivity contribution < 1.29 is 13.2 Å². The number of aromatic nitrogens is 1. The molecule has 0 unspecified atom stereocenters. The normalized spacial score (nSPS) is 12.3. The largest absolute Gasteiger partial charge is 0.298 e. The van der Waals surface area contributed by atoms with E-state index in [9.17, 15) is 13.2 Å². The van der Waals surface area contributed by atoms with Crippen LogP contribution in [0.15, 0.2) is 53.4 Å². The second-order valence-corrected chi connectivity index (χ2v) is 9.54. The standard InChI is InChI=1S/C18H19N3O3S2/c1-18(2,3)21-26(23,24)13-8-6-7-12(11-13)16(22)20-17-19-14-9-4-5-10-15(14)25-17/h4-11,21H,1-3H3,(H,19,20,22). The van der Waals surface area contributed by atoms with Gasteiger partial charge in [0.1, 0.15) is 0 Å². The maximum Gasteiger partial charge on any atom is 0.257 e. The van der Waals surface area contributed by atoms with Gasteiger partial charge in [-0.2, -0.15) is 0 Å². The number of sulfonamides is 1. The van der Waals surface area contributed by atoms with Crippen LogP contribution in [-0.2, 0) is 10.0 Å². The van der Waals surface area contributed by atoms with Crippen LogP contribution in [-0.4, -0.2) is 24.8 Å². The maximum atomic E-state index is 12.5. The van der Waals surface area contributed by atoms with E-state index in [1.807, 2.05) is 24.3 Å². The first-order chi connectivity index (χ1) is 12.1. The maximum absolute atomic E-state index is 12.5. The number of carbonyl (C=O) groups is 1. The number of carbonyl (C=O) groups excluding carboxylic acids is 1. The highest BCUT2D eigenvalue weighted by atomic mass is 32.2. The topological polar surface area (TPSA) is 88.2 Å². The fourth-order valence-electron chi connectivity index (χ4n) is 2.36. The van der Waals surface area contributed by atoms with Crippen LogP contribution < -0.4 is 10.0 Å². The van der Waals surface area contributed by atoms with Crippen molar-refractivity contribution >= 4 is 42.6 Å². The Kier molecular flexibility index (Phi) is 4.83. The van der Waals surface area contributed by atoms with Crippen molar-refractivity contribution in [1.29, 1.82) is 0 Å². The van der Waals surface area contributed by atoms with Crippen LogP contribution >= 0.6 is 11.3 Å². The number of hydrogen-bond acceptors (Lipinski definition) is 5. The number of nitrogens with zero attached hydrogens (tertiary/aromatic N) is 1. The minimum atomic E-state index is -3.71. The number of thiazole rings is 1. The summed E-state index contributed by atoms with van der Waals surface area (Å²) in [6.45, 7) is 5.27. The molecule has 0 bridgehead atoms. The van der Waals surface area contributed by atoms with Gasteiger partial charge in [-0.25, -0.2) is 18.1 Å². The Hall–Kier alpha value is -2.29. The molecule has 0 aliphatic carbocycles. The fraction of sp³-hybridized carbons (Fsp3) is 0.222. The van der Waals surface area contributed by atoms with Gasteiger partial charge in [0, 0.05) is 11.1 Å². The molecule has 1 heterocycles. The van der Waals surface area contributed by atoms with E-state index in [0.717, 1.165) is 10.2 Å². The molecule has 0 atom stereocenters. The summed E-state index contributed by atoms with van der Waals surface area (Å²) in [6, 6.07) is 13.5. The molecule has 0 spiro atoms. The van der Waals surface area contributed by atoms with Crippen LogP contribution in [0.4, 0.5) is 5.13 Å². The molecule has 2 N–H and O–H groups in total. The average Bonchev–Trinajstić information content (AvgIpc) is 2.95. The van der Waals surface area contributed by atoms with E-state index >= 15 is 0 Å². The van der Waals surface area contributed by atoms with E-state index in [2.05, 4.69) is 15.0 Å². The predicted molar refractivity (Wildman–Crippen MR) is 104 cm³/mol. The Morgan fingerprint density at radius 2 is 1.81 bits per heavy atom. The van der Waals surface area contributed by atoms with E-state index in [4.69, 9.17) is 0 Å². The minimum Gasteiger partial charge on any atom is -0.298 e. The number of hydrogen-bond donors (Lipinski definition) is 2. The lowest BCUT2D eigenvalue weighted by Gasteiger charge is -2.20. The molecule has 0 aliphatic heterocycles. The smallest absolute Gasteiger partial charge is 0.257 e. The lowest BCUT2D eigenvalue weighted by molar-refractivity contribution is 0.102. The quantitative estimate of drug-likeness (QED) is 0.713. The number of anilines is 1. The van der Waals surface area contributed by atoms with Gasteiger partial charge in [0.05, 0.1) is 15.1 Å². The van der Waals surface area contributed by atoms with Gasteiger partial charge in [-0.05, 0) is 51.1 Å². The highest BCUT2D eigenvalue weighted by Gasteiger charge is 2.23. The molecule has 3 aromatic rings. The van der Waals surface area contributed by atoms with Crippen molar-refractivity contribution in [3.8, 4) is 0 Å². The summed E-state index contributed by atoms with van der Waals surface area (Å²) < 4.78 is 28.4. The number of rotatable bonds is 4. The Labute approximate surface area is 156 Å². The molecule has 0 aliphatic rings. The van der Waals surface area contributed by atoms with Crippen molar-refractivity contribution in [2.75, 3.05) is 5.32 Å². The van der Waals surface area contributed by atoms with Crippen LogP contribution in [0.25, 0.3) is 10.2 Å². The molecule has 136 valence electrons. The molecular weight excluding hydrogens is 370 g/mol. The van der Waals surface area contributed by atoms with Crippen molar-refractivity contribution in [3.05, 3.63) is 54.1 Å². The highest BCUT2D eigenvalue weighted by molar-refractivity contribution is 7.89.